The van der Waals surface area contributed by atoms with Gasteiger partial charge in [0.1, 0.15) is 6.04 Å². The van der Waals surface area contributed by atoms with Gasteiger partial charge in [0.05, 0.1) is 34.5 Å². The molecule has 1 aliphatic rings. The number of amides is 1. The van der Waals surface area contributed by atoms with Crippen molar-refractivity contribution in [1.29, 1.82) is 0 Å². The summed E-state index contributed by atoms with van der Waals surface area (Å²) in [6.45, 7) is 3.72. The van der Waals surface area contributed by atoms with Gasteiger partial charge in [-0.05, 0) is 38.1 Å². The zero-order chi connectivity index (χ0) is 23.1. The quantitative estimate of drug-likeness (QED) is 0.507. The second-order valence-electron chi connectivity index (χ2n) is 7.77. The third-order valence-electron chi connectivity index (χ3n) is 5.71. The summed E-state index contributed by atoms with van der Waals surface area (Å²) < 4.78 is 8.97. The molecule has 33 heavy (non-hydrogen) atoms. The lowest BCUT2D eigenvalue weighted by Crippen LogP contribution is -2.40. The van der Waals surface area contributed by atoms with E-state index in [9.17, 15) is 9.59 Å². The highest BCUT2D eigenvalue weighted by atomic mass is 32.1. The highest BCUT2D eigenvalue weighted by Crippen LogP contribution is 2.32. The molecule has 5 rings (SSSR count). The van der Waals surface area contributed by atoms with Gasteiger partial charge in [0.25, 0.3) is 11.5 Å². The van der Waals surface area contributed by atoms with E-state index in [1.165, 1.54) is 11.3 Å². The Bertz CT molecular complexity index is 1560. The van der Waals surface area contributed by atoms with Gasteiger partial charge in [-0.25, -0.2) is 4.99 Å². The largest absolute Gasteiger partial charge is 0.472 e. The highest BCUT2D eigenvalue weighted by Gasteiger charge is 2.34. The fourth-order valence-electron chi connectivity index (χ4n) is 3.92. The first-order chi connectivity index (χ1) is 15.9. The van der Waals surface area contributed by atoms with Crippen LogP contribution in [-0.4, -0.2) is 20.3 Å². The number of allylic oxidation sites excluding steroid dienone is 1. The summed E-state index contributed by atoms with van der Waals surface area (Å²) in [4.78, 5) is 32.2. The average molecular weight is 460 g/mol. The fourth-order valence-corrected chi connectivity index (χ4v) is 4.97. The van der Waals surface area contributed by atoms with Crippen molar-refractivity contribution in [3.8, 4) is 0 Å². The Kier molecular flexibility index (Phi) is 5.18. The van der Waals surface area contributed by atoms with Crippen LogP contribution in [0, 0.1) is 6.92 Å². The summed E-state index contributed by atoms with van der Waals surface area (Å²) in [7, 11) is 1.84. The zero-order valence-corrected chi connectivity index (χ0v) is 19.1. The van der Waals surface area contributed by atoms with Crippen molar-refractivity contribution < 1.29 is 9.21 Å². The fraction of sp³-hybridized carbons (Fsp3) is 0.167. The van der Waals surface area contributed by atoms with E-state index in [0.29, 0.717) is 26.3 Å². The van der Waals surface area contributed by atoms with E-state index < -0.39 is 6.04 Å². The number of aromatic nitrogens is 3. The Labute approximate surface area is 192 Å². The molecular formula is C24H21N5O3S. The van der Waals surface area contributed by atoms with E-state index in [4.69, 9.17) is 4.42 Å². The molecule has 1 amide bonds. The van der Waals surface area contributed by atoms with Gasteiger partial charge in [-0.2, -0.15) is 5.10 Å². The van der Waals surface area contributed by atoms with Crippen molar-refractivity contribution in [3.05, 3.63) is 103 Å². The Hall–Kier alpha value is -3.98. The lowest BCUT2D eigenvalue weighted by molar-refractivity contribution is -0.113. The van der Waals surface area contributed by atoms with Gasteiger partial charge in [-0.15, -0.1) is 0 Å². The van der Waals surface area contributed by atoms with Crippen LogP contribution in [0.3, 0.4) is 0 Å². The van der Waals surface area contributed by atoms with Crippen molar-refractivity contribution >= 4 is 29.0 Å². The number of rotatable bonds is 4. The molecule has 9 heteroatoms. The van der Waals surface area contributed by atoms with Gasteiger partial charge in [0, 0.05) is 29.6 Å². The molecule has 4 aromatic rings. The van der Waals surface area contributed by atoms with E-state index in [-0.39, 0.29) is 11.5 Å². The van der Waals surface area contributed by atoms with Crippen LogP contribution < -0.4 is 20.2 Å². The van der Waals surface area contributed by atoms with Crippen LogP contribution in [-0.2, 0) is 11.8 Å². The highest BCUT2D eigenvalue weighted by molar-refractivity contribution is 7.07. The Balaban J connectivity index is 1.70. The number of furan rings is 1. The third kappa shape index (κ3) is 3.66. The summed E-state index contributed by atoms with van der Waals surface area (Å²) >= 11 is 1.29. The number of nitrogens with zero attached hydrogens (tertiary/aromatic N) is 4. The summed E-state index contributed by atoms with van der Waals surface area (Å²) in [6, 6.07) is 10.4. The second kappa shape index (κ2) is 8.18. The first-order valence-electron chi connectivity index (χ1n) is 10.3. The Morgan fingerprint density at radius 3 is 2.67 bits per heavy atom. The maximum Gasteiger partial charge on any atom is 0.271 e. The minimum absolute atomic E-state index is 0.217. The van der Waals surface area contributed by atoms with E-state index in [1.807, 2.05) is 44.3 Å². The molecule has 0 saturated carbocycles. The molecule has 0 bridgehead atoms. The number of hydrogen-bond acceptors (Lipinski definition) is 6. The number of hydrogen-bond donors (Lipinski definition) is 1. The minimum Gasteiger partial charge on any atom is -0.472 e. The molecule has 3 aromatic heterocycles. The molecule has 0 spiro atoms. The number of para-hydroxylation sites is 1. The molecule has 1 aromatic carbocycles. The molecule has 166 valence electrons. The predicted octanol–water partition coefficient (Wildman–Crippen LogP) is 2.51. The van der Waals surface area contributed by atoms with Crippen molar-refractivity contribution in [1.82, 2.24) is 14.3 Å². The summed E-state index contributed by atoms with van der Waals surface area (Å²) in [5, 5.41) is 7.31. The van der Waals surface area contributed by atoms with Gasteiger partial charge < -0.3 is 9.73 Å². The lowest BCUT2D eigenvalue weighted by Gasteiger charge is -2.25. The SMILES string of the molecule is CC1=C(C(=O)Nc2ccccc2)[C@@H](c2cnn(C)c2C)n2c(sc(=Cc3ccoc3)c2=O)=N1. The molecule has 0 fully saturated rings. The Morgan fingerprint density at radius 1 is 1.21 bits per heavy atom. The van der Waals surface area contributed by atoms with Crippen LogP contribution in [0.1, 0.15) is 29.8 Å². The number of thiazole rings is 1. The molecule has 1 aliphatic heterocycles. The summed E-state index contributed by atoms with van der Waals surface area (Å²) in [5.41, 5.74) is 3.86. The van der Waals surface area contributed by atoms with Crippen LogP contribution in [0.25, 0.3) is 6.08 Å². The molecule has 1 atom stereocenters. The standard InChI is InChI=1S/C24H21N5O3S/c1-14-20(22(30)27-17-7-5-4-6-8-17)21(18-12-25-28(3)15(18)2)29-23(31)19(33-24(29)26-14)11-16-9-10-32-13-16/h4-13,21H,1-3H3,(H,27,30)/t21-/m1/s1. The van der Waals surface area contributed by atoms with Gasteiger partial charge in [-0.3, -0.25) is 18.8 Å². The Morgan fingerprint density at radius 2 is 2.00 bits per heavy atom. The molecule has 0 saturated heterocycles. The molecule has 0 radical (unpaired) electrons. The number of anilines is 1. The number of carbonyl (C=O) groups is 1. The number of fused-ring (bicyclic) bond motifs is 1. The molecule has 4 heterocycles. The van der Waals surface area contributed by atoms with Crippen molar-refractivity contribution in [2.75, 3.05) is 5.32 Å². The van der Waals surface area contributed by atoms with Gasteiger partial charge >= 0.3 is 0 Å². The maximum atomic E-state index is 13.5. The van der Waals surface area contributed by atoms with E-state index in [1.54, 1.807) is 47.0 Å². The monoisotopic (exact) mass is 459 g/mol. The topological polar surface area (TPSA) is 94.4 Å². The van der Waals surface area contributed by atoms with E-state index >= 15 is 0 Å². The number of benzene rings is 1. The first kappa shape index (κ1) is 20.9. The average Bonchev–Trinajstić information content (AvgIpc) is 3.50. The number of carbonyl (C=O) groups excluding carboxylic acids is 1. The van der Waals surface area contributed by atoms with E-state index in [2.05, 4.69) is 15.4 Å². The molecule has 8 nitrogen and oxygen atoms in total. The van der Waals surface area contributed by atoms with Crippen molar-refractivity contribution in [2.24, 2.45) is 12.0 Å². The molecule has 0 unspecified atom stereocenters. The molecule has 0 aliphatic carbocycles. The third-order valence-corrected chi connectivity index (χ3v) is 6.69. The maximum absolute atomic E-state index is 13.5. The van der Waals surface area contributed by atoms with Gasteiger partial charge in [0.2, 0.25) is 0 Å². The molecule has 1 N–H and O–H groups in total. The van der Waals surface area contributed by atoms with Gasteiger partial charge in [0.15, 0.2) is 4.80 Å². The number of aryl methyl sites for hydroxylation is 1. The normalized spacial score (nSPS) is 16.0. The second-order valence-corrected chi connectivity index (χ2v) is 8.78. The summed E-state index contributed by atoms with van der Waals surface area (Å²) in [5.74, 6) is -0.306. The van der Waals surface area contributed by atoms with Gasteiger partial charge in [-0.1, -0.05) is 29.5 Å². The molecular weight excluding hydrogens is 438 g/mol. The predicted molar refractivity (Wildman–Crippen MR) is 125 cm³/mol. The van der Waals surface area contributed by atoms with E-state index in [0.717, 1.165) is 16.8 Å². The zero-order valence-electron chi connectivity index (χ0n) is 18.3. The van der Waals surface area contributed by atoms with Crippen molar-refractivity contribution in [3.63, 3.8) is 0 Å². The lowest BCUT2D eigenvalue weighted by atomic mass is 9.95. The van der Waals surface area contributed by atoms with Crippen LogP contribution in [0.4, 0.5) is 5.69 Å². The number of nitrogens with one attached hydrogen (secondary N) is 1. The van der Waals surface area contributed by atoms with Crippen LogP contribution in [0.15, 0.2) is 80.6 Å². The van der Waals surface area contributed by atoms with Crippen LogP contribution >= 0.6 is 11.3 Å². The van der Waals surface area contributed by atoms with Crippen molar-refractivity contribution in [2.45, 2.75) is 19.9 Å². The van der Waals surface area contributed by atoms with Crippen LogP contribution in [0.5, 0.6) is 0 Å². The first-order valence-corrected chi connectivity index (χ1v) is 11.2. The smallest absolute Gasteiger partial charge is 0.271 e. The van der Waals surface area contributed by atoms with Crippen LogP contribution in [0.2, 0.25) is 0 Å². The summed E-state index contributed by atoms with van der Waals surface area (Å²) in [6.07, 6.45) is 6.61. The minimum atomic E-state index is -0.648.